The van der Waals surface area contributed by atoms with Crippen molar-refractivity contribution in [3.05, 3.63) is 29.8 Å². The molecule has 4 heteroatoms. The molecule has 1 fully saturated rings. The van der Waals surface area contributed by atoms with Gasteiger partial charge in [0, 0.05) is 18.6 Å². The van der Waals surface area contributed by atoms with Crippen LogP contribution in [0, 0.1) is 5.92 Å². The van der Waals surface area contributed by atoms with Gasteiger partial charge in [0.1, 0.15) is 11.9 Å². The van der Waals surface area contributed by atoms with E-state index in [9.17, 15) is 4.79 Å². The maximum Gasteiger partial charge on any atom is 0.306 e. The van der Waals surface area contributed by atoms with Gasteiger partial charge in [0.25, 0.3) is 0 Å². The summed E-state index contributed by atoms with van der Waals surface area (Å²) in [6.45, 7) is 2.19. The molecule has 2 rings (SSSR count). The highest BCUT2D eigenvalue weighted by atomic mass is 16.7. The number of rotatable bonds is 4. The average molecular weight is 236 g/mol. The van der Waals surface area contributed by atoms with E-state index in [0.29, 0.717) is 12.2 Å². The van der Waals surface area contributed by atoms with Crippen LogP contribution in [0.3, 0.4) is 0 Å². The molecule has 0 unspecified atom stereocenters. The minimum atomic E-state index is -0.212. The number of ether oxygens (including phenoxy) is 3. The van der Waals surface area contributed by atoms with Gasteiger partial charge in [0.2, 0.25) is 0 Å². The molecule has 1 aliphatic heterocycles. The Kier molecular flexibility index (Phi) is 3.64. The van der Waals surface area contributed by atoms with Crippen molar-refractivity contribution in [2.45, 2.75) is 19.4 Å². The number of hydrogen-bond acceptors (Lipinski definition) is 4. The van der Waals surface area contributed by atoms with Gasteiger partial charge in [-0.05, 0) is 6.07 Å². The standard InChI is InChI=1S/C13H16O4/c1-9-7-12(14)17-13(9)10-5-3-4-6-11(10)16-8-15-2/h3-6,9,13H,7-8H2,1-2H3/t9-,13-/m1/s1. The van der Waals surface area contributed by atoms with Crippen LogP contribution in [0.25, 0.3) is 0 Å². The Hall–Kier alpha value is -1.55. The number of cyclic esters (lactones) is 1. The number of methoxy groups -OCH3 is 1. The third-order valence-corrected chi connectivity index (χ3v) is 2.82. The van der Waals surface area contributed by atoms with Crippen molar-refractivity contribution in [2.24, 2.45) is 5.92 Å². The molecule has 0 radical (unpaired) electrons. The molecule has 0 aliphatic carbocycles. The van der Waals surface area contributed by atoms with Gasteiger partial charge < -0.3 is 14.2 Å². The summed E-state index contributed by atoms with van der Waals surface area (Å²) < 4.78 is 15.7. The van der Waals surface area contributed by atoms with Crippen LogP contribution >= 0.6 is 0 Å². The number of para-hydroxylation sites is 1. The highest BCUT2D eigenvalue weighted by Crippen LogP contribution is 2.39. The molecule has 1 aliphatic rings. The van der Waals surface area contributed by atoms with Crippen molar-refractivity contribution in [2.75, 3.05) is 13.9 Å². The van der Waals surface area contributed by atoms with Crippen molar-refractivity contribution < 1.29 is 19.0 Å². The second-order valence-electron chi connectivity index (χ2n) is 4.18. The molecule has 0 amide bonds. The van der Waals surface area contributed by atoms with E-state index in [0.717, 1.165) is 5.56 Å². The lowest BCUT2D eigenvalue weighted by atomic mass is 9.96. The molecule has 1 heterocycles. The van der Waals surface area contributed by atoms with E-state index in [1.165, 1.54) is 0 Å². The molecule has 1 aromatic carbocycles. The van der Waals surface area contributed by atoms with Gasteiger partial charge in [-0.1, -0.05) is 25.1 Å². The van der Waals surface area contributed by atoms with Gasteiger partial charge in [-0.15, -0.1) is 0 Å². The maximum atomic E-state index is 11.3. The van der Waals surface area contributed by atoms with Crippen molar-refractivity contribution in [1.29, 1.82) is 0 Å². The Morgan fingerprint density at radius 3 is 2.82 bits per heavy atom. The zero-order valence-corrected chi connectivity index (χ0v) is 10.0. The Morgan fingerprint density at radius 2 is 2.18 bits per heavy atom. The van der Waals surface area contributed by atoms with Gasteiger partial charge in [-0.25, -0.2) is 0 Å². The van der Waals surface area contributed by atoms with Crippen molar-refractivity contribution in [3.63, 3.8) is 0 Å². The van der Waals surface area contributed by atoms with Gasteiger partial charge in [-0.3, -0.25) is 4.79 Å². The van der Waals surface area contributed by atoms with Crippen LogP contribution in [0.5, 0.6) is 5.75 Å². The molecular formula is C13H16O4. The summed E-state index contributed by atoms with van der Waals surface area (Å²) in [7, 11) is 1.57. The zero-order chi connectivity index (χ0) is 12.3. The Balaban J connectivity index is 2.22. The van der Waals surface area contributed by atoms with Crippen LogP contribution in [-0.4, -0.2) is 19.9 Å². The monoisotopic (exact) mass is 236 g/mol. The van der Waals surface area contributed by atoms with Crippen molar-refractivity contribution in [1.82, 2.24) is 0 Å². The molecule has 17 heavy (non-hydrogen) atoms. The van der Waals surface area contributed by atoms with Crippen LogP contribution in [-0.2, 0) is 14.3 Å². The fourth-order valence-electron chi connectivity index (χ4n) is 2.02. The quantitative estimate of drug-likeness (QED) is 0.594. The smallest absolute Gasteiger partial charge is 0.306 e. The fraction of sp³-hybridized carbons (Fsp3) is 0.462. The summed E-state index contributed by atoms with van der Waals surface area (Å²) in [5.41, 5.74) is 0.905. The average Bonchev–Trinajstić information content (AvgIpc) is 2.66. The SMILES string of the molecule is COCOc1ccccc1[C@@H]1OC(=O)C[C@H]1C. The highest BCUT2D eigenvalue weighted by Gasteiger charge is 2.34. The summed E-state index contributed by atoms with van der Waals surface area (Å²) in [5, 5.41) is 0. The molecule has 0 saturated carbocycles. The second kappa shape index (κ2) is 5.19. The minimum Gasteiger partial charge on any atom is -0.467 e. The third kappa shape index (κ3) is 2.58. The lowest BCUT2D eigenvalue weighted by Gasteiger charge is -2.18. The van der Waals surface area contributed by atoms with Gasteiger partial charge in [0.15, 0.2) is 6.79 Å². The van der Waals surface area contributed by atoms with Crippen molar-refractivity contribution >= 4 is 5.97 Å². The summed E-state index contributed by atoms with van der Waals surface area (Å²) in [4.78, 5) is 11.3. The molecular weight excluding hydrogens is 220 g/mol. The van der Waals surface area contributed by atoms with E-state index in [4.69, 9.17) is 14.2 Å². The largest absolute Gasteiger partial charge is 0.467 e. The lowest BCUT2D eigenvalue weighted by Crippen LogP contribution is -2.08. The molecule has 0 aromatic heterocycles. The van der Waals surface area contributed by atoms with E-state index in [2.05, 4.69) is 0 Å². The molecule has 1 aromatic rings. The first-order valence-corrected chi connectivity index (χ1v) is 5.62. The Labute approximate surface area is 100 Å². The van der Waals surface area contributed by atoms with Gasteiger partial charge >= 0.3 is 5.97 Å². The molecule has 4 nitrogen and oxygen atoms in total. The number of esters is 1. The maximum absolute atomic E-state index is 11.3. The first-order chi connectivity index (χ1) is 8.22. The normalized spacial score (nSPS) is 23.5. The molecule has 0 spiro atoms. The van der Waals surface area contributed by atoms with E-state index in [1.807, 2.05) is 31.2 Å². The van der Waals surface area contributed by atoms with E-state index < -0.39 is 0 Å². The molecule has 92 valence electrons. The van der Waals surface area contributed by atoms with E-state index in [-0.39, 0.29) is 24.8 Å². The Morgan fingerprint density at radius 1 is 1.41 bits per heavy atom. The number of carbonyl (C=O) groups excluding carboxylic acids is 1. The zero-order valence-electron chi connectivity index (χ0n) is 10.0. The number of carbonyl (C=O) groups is 1. The predicted octanol–water partition coefficient (Wildman–Crippen LogP) is 2.29. The fourth-order valence-corrected chi connectivity index (χ4v) is 2.02. The minimum absolute atomic E-state index is 0.149. The van der Waals surface area contributed by atoms with Crippen LogP contribution in [0.15, 0.2) is 24.3 Å². The van der Waals surface area contributed by atoms with Crippen LogP contribution < -0.4 is 4.74 Å². The van der Waals surface area contributed by atoms with Gasteiger partial charge in [-0.2, -0.15) is 0 Å². The third-order valence-electron chi connectivity index (χ3n) is 2.82. The Bertz CT molecular complexity index is 402. The number of hydrogen-bond donors (Lipinski definition) is 0. The van der Waals surface area contributed by atoms with Gasteiger partial charge in [0.05, 0.1) is 6.42 Å². The first-order valence-electron chi connectivity index (χ1n) is 5.62. The summed E-state index contributed by atoms with van der Waals surface area (Å²) in [6, 6.07) is 7.57. The topological polar surface area (TPSA) is 44.8 Å². The van der Waals surface area contributed by atoms with E-state index in [1.54, 1.807) is 7.11 Å². The molecule has 2 atom stereocenters. The highest BCUT2D eigenvalue weighted by molar-refractivity contribution is 5.72. The van der Waals surface area contributed by atoms with Crippen LogP contribution in [0.2, 0.25) is 0 Å². The van der Waals surface area contributed by atoms with E-state index >= 15 is 0 Å². The molecule has 1 saturated heterocycles. The van der Waals surface area contributed by atoms with Crippen LogP contribution in [0.4, 0.5) is 0 Å². The van der Waals surface area contributed by atoms with Crippen molar-refractivity contribution in [3.8, 4) is 5.75 Å². The van der Waals surface area contributed by atoms with Crippen LogP contribution in [0.1, 0.15) is 25.0 Å². The second-order valence-corrected chi connectivity index (χ2v) is 4.18. The first kappa shape index (κ1) is 11.9. The summed E-state index contributed by atoms with van der Waals surface area (Å²) >= 11 is 0. The molecule has 0 bridgehead atoms. The summed E-state index contributed by atoms with van der Waals surface area (Å²) in [6.07, 6.45) is 0.249. The lowest BCUT2D eigenvalue weighted by molar-refractivity contribution is -0.141. The predicted molar refractivity (Wildman–Crippen MR) is 61.6 cm³/mol. The molecule has 0 N–H and O–H groups in total. The summed E-state index contributed by atoms with van der Waals surface area (Å²) in [5.74, 6) is 0.736. The number of benzene rings is 1.